The van der Waals surface area contributed by atoms with E-state index in [0.29, 0.717) is 0 Å². The van der Waals surface area contributed by atoms with E-state index in [1.807, 2.05) is 6.92 Å². The van der Waals surface area contributed by atoms with Crippen LogP contribution in [-0.2, 0) is 0 Å². The molecule has 3 nitrogen and oxygen atoms in total. The Morgan fingerprint density at radius 2 is 1.54 bits per heavy atom. The first-order valence-corrected chi connectivity index (χ1v) is 5.30. The third kappa shape index (κ3) is 5.24. The van der Waals surface area contributed by atoms with Crippen molar-refractivity contribution in [1.29, 1.82) is 0 Å². The van der Waals surface area contributed by atoms with Gasteiger partial charge in [0.15, 0.2) is 0 Å². The van der Waals surface area contributed by atoms with E-state index in [4.69, 9.17) is 0 Å². The molecule has 0 aromatic rings. The Hall–Kier alpha value is -0.120. The Balaban J connectivity index is 3.69. The molecule has 0 heterocycles. The zero-order valence-electron chi connectivity index (χ0n) is 9.45. The average Bonchev–Trinajstić information content (AvgIpc) is 2.12. The Labute approximate surface area is 82.3 Å². The number of nitrogens with zero attached hydrogens (tertiary/aromatic N) is 2. The predicted molar refractivity (Wildman–Crippen MR) is 56.7 cm³/mol. The number of hydrogen-bond donors (Lipinski definition) is 1. The maximum absolute atomic E-state index is 9.38. The van der Waals surface area contributed by atoms with Gasteiger partial charge in [0.1, 0.15) is 6.23 Å². The molecule has 0 amide bonds. The van der Waals surface area contributed by atoms with Gasteiger partial charge in [-0.05, 0) is 26.6 Å². The molecule has 80 valence electrons. The van der Waals surface area contributed by atoms with E-state index in [2.05, 4.69) is 30.6 Å². The van der Waals surface area contributed by atoms with E-state index < -0.39 is 0 Å². The van der Waals surface area contributed by atoms with E-state index >= 15 is 0 Å². The van der Waals surface area contributed by atoms with E-state index in [-0.39, 0.29) is 6.23 Å². The minimum absolute atomic E-state index is 0.319. The third-order valence-corrected chi connectivity index (χ3v) is 2.53. The van der Waals surface area contributed by atoms with Crippen LogP contribution >= 0.6 is 0 Å². The molecule has 0 rings (SSSR count). The van der Waals surface area contributed by atoms with E-state index in [1.165, 1.54) is 0 Å². The van der Waals surface area contributed by atoms with Crippen molar-refractivity contribution in [3.8, 4) is 0 Å². The van der Waals surface area contributed by atoms with Gasteiger partial charge in [0.05, 0.1) is 0 Å². The summed E-state index contributed by atoms with van der Waals surface area (Å²) in [6.07, 6.45) is -0.319. The molecule has 0 spiro atoms. The smallest absolute Gasteiger partial charge is 0.104 e. The zero-order valence-corrected chi connectivity index (χ0v) is 9.45. The van der Waals surface area contributed by atoms with Gasteiger partial charge in [-0.15, -0.1) is 0 Å². The number of likely N-dealkylation sites (N-methyl/N-ethyl adjacent to an activating group) is 2. The van der Waals surface area contributed by atoms with Crippen molar-refractivity contribution >= 4 is 0 Å². The lowest BCUT2D eigenvalue weighted by atomic mass is 10.4. The standard InChI is InChI=1S/C10H24N2O/c1-5-11(6-2)8-9-12(7-3)10(4)13/h10,13H,5-9H2,1-4H3. The Morgan fingerprint density at radius 1 is 1.00 bits per heavy atom. The van der Waals surface area contributed by atoms with Crippen LogP contribution in [0.3, 0.4) is 0 Å². The monoisotopic (exact) mass is 188 g/mol. The maximum atomic E-state index is 9.38. The molecule has 0 saturated heterocycles. The van der Waals surface area contributed by atoms with Crippen LogP contribution in [0.5, 0.6) is 0 Å². The molecule has 0 bridgehead atoms. The van der Waals surface area contributed by atoms with Crippen molar-refractivity contribution in [3.05, 3.63) is 0 Å². The molecule has 1 atom stereocenters. The van der Waals surface area contributed by atoms with Crippen molar-refractivity contribution in [3.63, 3.8) is 0 Å². The van der Waals surface area contributed by atoms with Crippen molar-refractivity contribution in [1.82, 2.24) is 9.80 Å². The van der Waals surface area contributed by atoms with Crippen LogP contribution in [0.25, 0.3) is 0 Å². The van der Waals surface area contributed by atoms with E-state index in [0.717, 1.165) is 32.7 Å². The van der Waals surface area contributed by atoms with Crippen LogP contribution in [0.1, 0.15) is 27.7 Å². The van der Waals surface area contributed by atoms with Crippen LogP contribution in [0.15, 0.2) is 0 Å². The summed E-state index contributed by atoms with van der Waals surface area (Å²) in [6.45, 7) is 13.3. The molecule has 0 aromatic heterocycles. The summed E-state index contributed by atoms with van der Waals surface area (Å²) in [5, 5.41) is 9.38. The second kappa shape index (κ2) is 7.30. The van der Waals surface area contributed by atoms with Crippen LogP contribution < -0.4 is 0 Å². The first-order chi connectivity index (χ1) is 6.15. The van der Waals surface area contributed by atoms with Gasteiger partial charge in [-0.1, -0.05) is 20.8 Å². The molecular formula is C10H24N2O. The Bertz CT molecular complexity index is 113. The van der Waals surface area contributed by atoms with E-state index in [1.54, 1.807) is 0 Å². The van der Waals surface area contributed by atoms with Crippen molar-refractivity contribution in [2.45, 2.75) is 33.9 Å². The highest BCUT2D eigenvalue weighted by Gasteiger charge is 2.08. The molecule has 0 fully saturated rings. The average molecular weight is 188 g/mol. The lowest BCUT2D eigenvalue weighted by Crippen LogP contribution is -2.39. The van der Waals surface area contributed by atoms with Gasteiger partial charge in [-0.25, -0.2) is 0 Å². The number of aliphatic hydroxyl groups is 1. The molecule has 0 radical (unpaired) electrons. The van der Waals surface area contributed by atoms with Gasteiger partial charge in [-0.2, -0.15) is 0 Å². The number of hydrogen-bond acceptors (Lipinski definition) is 3. The van der Waals surface area contributed by atoms with Gasteiger partial charge >= 0.3 is 0 Å². The van der Waals surface area contributed by atoms with Crippen LogP contribution in [0.2, 0.25) is 0 Å². The molecular weight excluding hydrogens is 164 g/mol. The molecule has 1 unspecified atom stereocenters. The minimum Gasteiger partial charge on any atom is -0.379 e. The third-order valence-electron chi connectivity index (χ3n) is 2.53. The van der Waals surface area contributed by atoms with Gasteiger partial charge in [-0.3, -0.25) is 4.90 Å². The van der Waals surface area contributed by atoms with Crippen molar-refractivity contribution < 1.29 is 5.11 Å². The predicted octanol–water partition coefficient (Wildman–Crippen LogP) is 0.988. The quantitative estimate of drug-likeness (QED) is 0.604. The van der Waals surface area contributed by atoms with Crippen LogP contribution in [0.4, 0.5) is 0 Å². The van der Waals surface area contributed by atoms with Crippen molar-refractivity contribution in [2.24, 2.45) is 0 Å². The normalized spacial score (nSPS) is 14.1. The number of rotatable bonds is 7. The highest BCUT2D eigenvalue weighted by molar-refractivity contribution is 4.60. The molecule has 0 aliphatic carbocycles. The highest BCUT2D eigenvalue weighted by atomic mass is 16.3. The van der Waals surface area contributed by atoms with Gasteiger partial charge in [0.25, 0.3) is 0 Å². The minimum atomic E-state index is -0.319. The lowest BCUT2D eigenvalue weighted by molar-refractivity contribution is 0.0169. The topological polar surface area (TPSA) is 26.7 Å². The highest BCUT2D eigenvalue weighted by Crippen LogP contribution is 1.96. The molecule has 13 heavy (non-hydrogen) atoms. The SMILES string of the molecule is CCN(CC)CCN(CC)C(C)O. The van der Waals surface area contributed by atoms with Gasteiger partial charge < -0.3 is 10.0 Å². The summed E-state index contributed by atoms with van der Waals surface area (Å²) in [7, 11) is 0. The van der Waals surface area contributed by atoms with Crippen LogP contribution in [-0.4, -0.2) is 53.9 Å². The summed E-state index contributed by atoms with van der Waals surface area (Å²) in [5.74, 6) is 0. The van der Waals surface area contributed by atoms with E-state index in [9.17, 15) is 5.11 Å². The first-order valence-electron chi connectivity index (χ1n) is 5.30. The fourth-order valence-electron chi connectivity index (χ4n) is 1.42. The second-order valence-electron chi connectivity index (χ2n) is 3.29. The summed E-state index contributed by atoms with van der Waals surface area (Å²) in [5.41, 5.74) is 0. The first kappa shape index (κ1) is 12.9. The molecule has 0 saturated carbocycles. The number of aliphatic hydroxyl groups excluding tert-OH is 1. The summed E-state index contributed by atoms with van der Waals surface area (Å²) in [4.78, 5) is 4.43. The van der Waals surface area contributed by atoms with Gasteiger partial charge in [0, 0.05) is 13.1 Å². The Morgan fingerprint density at radius 3 is 1.85 bits per heavy atom. The fourth-order valence-corrected chi connectivity index (χ4v) is 1.42. The molecule has 0 aliphatic heterocycles. The fraction of sp³-hybridized carbons (Fsp3) is 1.00. The summed E-state index contributed by atoms with van der Waals surface area (Å²) < 4.78 is 0. The zero-order chi connectivity index (χ0) is 10.3. The van der Waals surface area contributed by atoms with Crippen LogP contribution in [0, 0.1) is 0 Å². The largest absolute Gasteiger partial charge is 0.379 e. The van der Waals surface area contributed by atoms with Crippen molar-refractivity contribution in [2.75, 3.05) is 32.7 Å². The summed E-state index contributed by atoms with van der Waals surface area (Å²) in [6, 6.07) is 0. The molecule has 1 N–H and O–H groups in total. The molecule has 3 heteroatoms. The Kier molecular flexibility index (Phi) is 7.23. The molecule has 0 aliphatic rings. The lowest BCUT2D eigenvalue weighted by Gasteiger charge is -2.27. The maximum Gasteiger partial charge on any atom is 0.104 e. The second-order valence-corrected chi connectivity index (χ2v) is 3.29. The summed E-state index contributed by atoms with van der Waals surface area (Å²) >= 11 is 0. The van der Waals surface area contributed by atoms with Gasteiger partial charge in [0.2, 0.25) is 0 Å². The molecule has 0 aromatic carbocycles.